The lowest BCUT2D eigenvalue weighted by molar-refractivity contribution is 0.0349. The van der Waals surface area contributed by atoms with Crippen molar-refractivity contribution in [3.63, 3.8) is 0 Å². The van der Waals surface area contributed by atoms with Crippen molar-refractivity contribution in [3.05, 3.63) is 35.4 Å². The van der Waals surface area contributed by atoms with E-state index in [2.05, 4.69) is 10.6 Å². The fraction of sp³-hybridized carbons (Fsp3) is 0.500. The summed E-state index contributed by atoms with van der Waals surface area (Å²) >= 11 is 0. The molecule has 0 radical (unpaired) electrons. The first-order chi connectivity index (χ1) is 9.40. The molecule has 1 rings (SSSR count). The van der Waals surface area contributed by atoms with Gasteiger partial charge in [-0.05, 0) is 31.0 Å². The number of rotatable bonds is 6. The number of amides is 2. The second kappa shape index (κ2) is 7.19. The first-order valence-electron chi connectivity index (χ1n) is 6.58. The van der Waals surface area contributed by atoms with Crippen molar-refractivity contribution < 1.29 is 18.7 Å². The van der Waals surface area contributed by atoms with Crippen molar-refractivity contribution in [1.82, 2.24) is 10.6 Å². The Balaban J connectivity index is 2.46. The molecule has 0 saturated carbocycles. The molecule has 0 atom stereocenters. The number of carbonyl (C=O) groups excluding carboxylic acids is 1. The third-order valence-electron chi connectivity index (χ3n) is 3.34. The maximum atomic E-state index is 13.3. The molecule has 0 aliphatic rings. The van der Waals surface area contributed by atoms with Crippen LogP contribution in [0.15, 0.2) is 18.2 Å². The number of aliphatic hydroxyl groups is 1. The molecule has 0 aliphatic heterocycles. The Hall–Kier alpha value is -1.69. The summed E-state index contributed by atoms with van der Waals surface area (Å²) in [5, 5.41) is 14.9. The molecule has 4 nitrogen and oxygen atoms in total. The van der Waals surface area contributed by atoms with Crippen LogP contribution in [0.2, 0.25) is 0 Å². The molecule has 1 aromatic rings. The normalized spacial score (nSPS) is 11.2. The quantitative estimate of drug-likeness (QED) is 0.751. The zero-order valence-electron chi connectivity index (χ0n) is 11.7. The maximum absolute atomic E-state index is 13.3. The predicted molar refractivity (Wildman–Crippen MR) is 72.1 cm³/mol. The number of benzene rings is 1. The molecule has 0 aromatic heterocycles. The highest BCUT2D eigenvalue weighted by atomic mass is 19.1. The summed E-state index contributed by atoms with van der Waals surface area (Å²) in [6.45, 7) is 3.64. The molecule has 0 saturated heterocycles. The standard InChI is InChI=1S/C14H20F2N2O2/c1-3-14(20,4-2)9-18-13(19)17-8-10-7-11(15)5-6-12(10)16/h5-7,20H,3-4,8-9H2,1-2H3,(H2,17,18,19). The molecule has 0 bridgehead atoms. The van der Waals surface area contributed by atoms with Gasteiger partial charge in [-0.3, -0.25) is 0 Å². The van der Waals surface area contributed by atoms with Crippen LogP contribution in [-0.2, 0) is 6.54 Å². The van der Waals surface area contributed by atoms with Gasteiger partial charge in [0.05, 0.1) is 5.60 Å². The minimum absolute atomic E-state index is 0.0707. The average molecular weight is 286 g/mol. The van der Waals surface area contributed by atoms with Gasteiger partial charge >= 0.3 is 6.03 Å². The topological polar surface area (TPSA) is 61.4 Å². The average Bonchev–Trinajstić information content (AvgIpc) is 2.45. The molecular weight excluding hydrogens is 266 g/mol. The van der Waals surface area contributed by atoms with Crippen LogP contribution < -0.4 is 10.6 Å². The Morgan fingerprint density at radius 1 is 1.25 bits per heavy atom. The van der Waals surface area contributed by atoms with E-state index in [9.17, 15) is 18.7 Å². The van der Waals surface area contributed by atoms with Crippen LogP contribution in [0.3, 0.4) is 0 Å². The lowest BCUT2D eigenvalue weighted by Gasteiger charge is -2.25. The van der Waals surface area contributed by atoms with Gasteiger partial charge in [0.1, 0.15) is 11.6 Å². The van der Waals surface area contributed by atoms with Crippen molar-refractivity contribution in [2.24, 2.45) is 0 Å². The molecule has 0 heterocycles. The van der Waals surface area contributed by atoms with Crippen LogP contribution >= 0.6 is 0 Å². The number of carbonyl (C=O) groups is 1. The van der Waals surface area contributed by atoms with Crippen LogP contribution in [0.4, 0.5) is 13.6 Å². The van der Waals surface area contributed by atoms with Gasteiger partial charge in [-0.25, -0.2) is 13.6 Å². The van der Waals surface area contributed by atoms with Gasteiger partial charge in [-0.1, -0.05) is 13.8 Å². The van der Waals surface area contributed by atoms with Gasteiger partial charge in [0.25, 0.3) is 0 Å². The van der Waals surface area contributed by atoms with Gasteiger partial charge in [0, 0.05) is 18.7 Å². The minimum Gasteiger partial charge on any atom is -0.388 e. The smallest absolute Gasteiger partial charge is 0.315 e. The largest absolute Gasteiger partial charge is 0.388 e. The van der Waals surface area contributed by atoms with E-state index >= 15 is 0 Å². The van der Waals surface area contributed by atoms with E-state index in [1.165, 1.54) is 0 Å². The Bertz CT molecular complexity index is 462. The number of nitrogens with one attached hydrogen (secondary N) is 2. The van der Waals surface area contributed by atoms with E-state index in [-0.39, 0.29) is 18.7 Å². The highest BCUT2D eigenvalue weighted by molar-refractivity contribution is 5.73. The lowest BCUT2D eigenvalue weighted by Crippen LogP contribution is -2.45. The van der Waals surface area contributed by atoms with Gasteiger partial charge < -0.3 is 15.7 Å². The zero-order valence-corrected chi connectivity index (χ0v) is 11.7. The summed E-state index contributed by atoms with van der Waals surface area (Å²) < 4.78 is 26.3. The number of urea groups is 1. The van der Waals surface area contributed by atoms with E-state index in [1.807, 2.05) is 13.8 Å². The van der Waals surface area contributed by atoms with Crippen LogP contribution in [0, 0.1) is 11.6 Å². The van der Waals surface area contributed by atoms with Crippen LogP contribution in [0.5, 0.6) is 0 Å². The predicted octanol–water partition coefficient (Wildman–Crippen LogP) is 2.32. The monoisotopic (exact) mass is 286 g/mol. The van der Waals surface area contributed by atoms with E-state index in [1.54, 1.807) is 0 Å². The number of hydrogen-bond donors (Lipinski definition) is 3. The SMILES string of the molecule is CCC(O)(CC)CNC(=O)NCc1cc(F)ccc1F. The number of halogens is 2. The molecule has 112 valence electrons. The van der Waals surface area contributed by atoms with Crippen LogP contribution in [-0.4, -0.2) is 23.3 Å². The van der Waals surface area contributed by atoms with Crippen molar-refractivity contribution in [2.75, 3.05) is 6.54 Å². The van der Waals surface area contributed by atoms with Crippen molar-refractivity contribution >= 4 is 6.03 Å². The summed E-state index contributed by atoms with van der Waals surface area (Å²) in [7, 11) is 0. The van der Waals surface area contributed by atoms with Crippen LogP contribution in [0.25, 0.3) is 0 Å². The van der Waals surface area contributed by atoms with Crippen molar-refractivity contribution in [2.45, 2.75) is 38.8 Å². The molecule has 2 amide bonds. The third kappa shape index (κ3) is 4.77. The molecule has 0 fully saturated rings. The van der Waals surface area contributed by atoms with Crippen molar-refractivity contribution in [3.8, 4) is 0 Å². The maximum Gasteiger partial charge on any atom is 0.315 e. The Labute approximate surface area is 117 Å². The molecule has 1 aromatic carbocycles. The second-order valence-electron chi connectivity index (χ2n) is 4.70. The minimum atomic E-state index is -0.943. The highest BCUT2D eigenvalue weighted by Gasteiger charge is 2.22. The van der Waals surface area contributed by atoms with Crippen LogP contribution in [0.1, 0.15) is 32.3 Å². The fourth-order valence-electron chi connectivity index (χ4n) is 1.66. The van der Waals surface area contributed by atoms with E-state index in [0.717, 1.165) is 18.2 Å². The summed E-state index contributed by atoms with van der Waals surface area (Å²) in [5.74, 6) is -1.14. The Morgan fingerprint density at radius 2 is 1.90 bits per heavy atom. The first-order valence-corrected chi connectivity index (χ1v) is 6.58. The number of hydrogen-bond acceptors (Lipinski definition) is 2. The Morgan fingerprint density at radius 3 is 2.50 bits per heavy atom. The lowest BCUT2D eigenvalue weighted by atomic mass is 9.98. The molecule has 20 heavy (non-hydrogen) atoms. The second-order valence-corrected chi connectivity index (χ2v) is 4.70. The summed E-state index contributed by atoms with van der Waals surface area (Å²) in [6, 6.07) is 2.52. The van der Waals surface area contributed by atoms with E-state index in [0.29, 0.717) is 12.8 Å². The molecule has 3 N–H and O–H groups in total. The Kier molecular flexibility index (Phi) is 5.88. The third-order valence-corrected chi connectivity index (χ3v) is 3.34. The fourth-order valence-corrected chi connectivity index (χ4v) is 1.66. The van der Waals surface area contributed by atoms with Gasteiger partial charge in [0.2, 0.25) is 0 Å². The molecular formula is C14H20F2N2O2. The summed E-state index contributed by atoms with van der Waals surface area (Å²) in [5.41, 5.74) is -0.872. The molecule has 6 heteroatoms. The molecule has 0 aliphatic carbocycles. The first kappa shape index (κ1) is 16.4. The van der Waals surface area contributed by atoms with Gasteiger partial charge in [-0.15, -0.1) is 0 Å². The summed E-state index contributed by atoms with van der Waals surface area (Å²) in [6.07, 6.45) is 1.03. The zero-order chi connectivity index (χ0) is 15.2. The van der Waals surface area contributed by atoms with Gasteiger partial charge in [0.15, 0.2) is 0 Å². The van der Waals surface area contributed by atoms with E-state index in [4.69, 9.17) is 0 Å². The highest BCUT2D eigenvalue weighted by Crippen LogP contribution is 2.12. The molecule has 0 spiro atoms. The summed E-state index contributed by atoms with van der Waals surface area (Å²) in [4.78, 5) is 11.5. The van der Waals surface area contributed by atoms with E-state index < -0.39 is 23.3 Å². The van der Waals surface area contributed by atoms with Crippen molar-refractivity contribution in [1.29, 1.82) is 0 Å². The van der Waals surface area contributed by atoms with Gasteiger partial charge in [-0.2, -0.15) is 0 Å². The molecule has 0 unspecified atom stereocenters.